The molecule has 0 atom stereocenters. The molecule has 1 spiro atoms. The summed E-state index contributed by atoms with van der Waals surface area (Å²) >= 11 is 1.27. The first-order chi connectivity index (χ1) is 15.3. The molecule has 4 N–H and O–H groups in total. The highest BCUT2D eigenvalue weighted by Gasteiger charge is 2.43. The van der Waals surface area contributed by atoms with Gasteiger partial charge in [0.1, 0.15) is 5.00 Å². The summed E-state index contributed by atoms with van der Waals surface area (Å²) in [7, 11) is 4.41. The Balaban J connectivity index is 1.86. The van der Waals surface area contributed by atoms with Crippen LogP contribution < -0.4 is 30.6 Å². The van der Waals surface area contributed by atoms with E-state index in [4.69, 9.17) is 35.2 Å². The average Bonchev–Trinajstić information content (AvgIpc) is 3.37. The molecule has 2 heterocycles. The molecule has 1 aliphatic carbocycles. The Kier molecular flexibility index (Phi) is 5.89. The SMILES string of the molecule is COc1cc(N(C(N)=O)c2sc3c(c2C(N)=O)CCC2(C3)OCCO2)cc(OC)c1OC. The third-order valence-corrected chi connectivity index (χ3v) is 6.87. The second kappa shape index (κ2) is 8.49. The second-order valence-corrected chi connectivity index (χ2v) is 8.47. The number of fused-ring (bicyclic) bond motifs is 1. The molecule has 1 fully saturated rings. The van der Waals surface area contributed by atoms with Crippen LogP contribution in [0, 0.1) is 0 Å². The lowest BCUT2D eigenvalue weighted by atomic mass is 9.90. The fourth-order valence-electron chi connectivity index (χ4n) is 4.25. The minimum atomic E-state index is -0.788. The number of hydrogen-bond donors (Lipinski definition) is 2. The fourth-order valence-corrected chi connectivity index (χ4v) is 5.71. The topological polar surface area (TPSA) is 136 Å². The first-order valence-corrected chi connectivity index (χ1v) is 10.8. The lowest BCUT2D eigenvalue weighted by Gasteiger charge is -2.31. The van der Waals surface area contributed by atoms with Crippen molar-refractivity contribution in [3.8, 4) is 17.2 Å². The van der Waals surface area contributed by atoms with Crippen molar-refractivity contribution in [3.05, 3.63) is 28.1 Å². The van der Waals surface area contributed by atoms with E-state index < -0.39 is 17.7 Å². The minimum absolute atomic E-state index is 0.269. The van der Waals surface area contributed by atoms with E-state index in [0.717, 1.165) is 10.4 Å². The van der Waals surface area contributed by atoms with Crippen LogP contribution in [0.4, 0.5) is 15.5 Å². The average molecular weight is 464 g/mol. The summed E-state index contributed by atoms with van der Waals surface area (Å²) in [4.78, 5) is 27.2. The van der Waals surface area contributed by atoms with Gasteiger partial charge in [-0.15, -0.1) is 11.3 Å². The van der Waals surface area contributed by atoms with Crippen molar-refractivity contribution in [2.75, 3.05) is 39.4 Å². The molecule has 3 amide bonds. The third kappa shape index (κ3) is 3.61. The molecule has 32 heavy (non-hydrogen) atoms. The van der Waals surface area contributed by atoms with Crippen LogP contribution in [-0.4, -0.2) is 52.3 Å². The van der Waals surface area contributed by atoms with Crippen LogP contribution in [-0.2, 0) is 22.3 Å². The molecule has 0 bridgehead atoms. The van der Waals surface area contributed by atoms with Gasteiger partial charge in [0, 0.05) is 29.9 Å². The van der Waals surface area contributed by atoms with E-state index in [1.807, 2.05) is 0 Å². The number of carbonyl (C=O) groups excluding carboxylic acids is 2. The number of hydrogen-bond acceptors (Lipinski definition) is 8. The number of thiophene rings is 1. The highest BCUT2D eigenvalue weighted by atomic mass is 32.1. The van der Waals surface area contributed by atoms with E-state index in [-0.39, 0.29) is 5.56 Å². The van der Waals surface area contributed by atoms with Gasteiger partial charge in [-0.3, -0.25) is 9.69 Å². The van der Waals surface area contributed by atoms with Gasteiger partial charge >= 0.3 is 6.03 Å². The number of carbonyl (C=O) groups is 2. The van der Waals surface area contributed by atoms with Gasteiger partial charge in [-0.2, -0.15) is 0 Å². The Labute approximate surface area is 188 Å². The minimum Gasteiger partial charge on any atom is -0.493 e. The van der Waals surface area contributed by atoms with E-state index in [0.29, 0.717) is 60.4 Å². The van der Waals surface area contributed by atoms with Crippen LogP contribution in [0.25, 0.3) is 0 Å². The Morgan fingerprint density at radius 2 is 1.69 bits per heavy atom. The van der Waals surface area contributed by atoms with Gasteiger partial charge in [-0.05, 0) is 12.0 Å². The number of amides is 3. The van der Waals surface area contributed by atoms with Crippen molar-refractivity contribution >= 4 is 34.0 Å². The number of methoxy groups -OCH3 is 3. The number of nitrogens with two attached hydrogens (primary N) is 2. The van der Waals surface area contributed by atoms with Crippen molar-refractivity contribution in [3.63, 3.8) is 0 Å². The lowest BCUT2D eigenvalue weighted by Crippen LogP contribution is -2.36. The van der Waals surface area contributed by atoms with Crippen molar-refractivity contribution < 1.29 is 33.3 Å². The zero-order valence-corrected chi connectivity index (χ0v) is 18.9. The normalized spacial score (nSPS) is 16.5. The number of benzene rings is 1. The number of rotatable bonds is 6. The molecule has 0 unspecified atom stereocenters. The molecule has 2 aromatic rings. The molecular formula is C21H25N3O7S. The van der Waals surface area contributed by atoms with Crippen LogP contribution in [0.1, 0.15) is 27.2 Å². The van der Waals surface area contributed by atoms with Crippen molar-refractivity contribution in [1.82, 2.24) is 0 Å². The number of ether oxygens (including phenoxy) is 5. The van der Waals surface area contributed by atoms with Crippen LogP contribution in [0.3, 0.4) is 0 Å². The number of nitrogens with zero attached hydrogens (tertiary/aromatic N) is 1. The van der Waals surface area contributed by atoms with E-state index in [1.54, 1.807) is 12.1 Å². The standard InChI is InChI=1S/C21H25N3O7S/c1-27-13-8-11(9-14(28-2)17(13)29-3)24(20(23)26)19-16(18(22)25)12-4-5-21(10-15(12)32-19)30-6-7-31-21/h8-9H,4-7,10H2,1-3H3,(H2,22,25)(H2,23,26). The van der Waals surface area contributed by atoms with Gasteiger partial charge in [-0.1, -0.05) is 0 Å². The molecule has 1 aromatic heterocycles. The van der Waals surface area contributed by atoms with E-state index in [9.17, 15) is 9.59 Å². The molecule has 0 saturated carbocycles. The maximum Gasteiger partial charge on any atom is 0.324 e. The summed E-state index contributed by atoms with van der Waals surface area (Å²) in [6, 6.07) is 2.38. The van der Waals surface area contributed by atoms with Crippen molar-refractivity contribution in [1.29, 1.82) is 0 Å². The summed E-state index contributed by atoms with van der Waals surface area (Å²) in [5.41, 5.74) is 12.9. The molecule has 4 rings (SSSR count). The molecule has 1 aromatic carbocycles. The highest BCUT2D eigenvalue weighted by Crippen LogP contribution is 2.48. The van der Waals surface area contributed by atoms with Gasteiger partial charge in [0.05, 0.1) is 45.8 Å². The molecular weight excluding hydrogens is 438 g/mol. The van der Waals surface area contributed by atoms with E-state index in [1.165, 1.54) is 37.6 Å². The zero-order chi connectivity index (χ0) is 23.0. The smallest absolute Gasteiger partial charge is 0.324 e. The molecule has 172 valence electrons. The Bertz CT molecular complexity index is 1040. The third-order valence-electron chi connectivity index (χ3n) is 5.65. The Morgan fingerprint density at radius 1 is 1.06 bits per heavy atom. The van der Waals surface area contributed by atoms with Crippen molar-refractivity contribution in [2.45, 2.75) is 25.0 Å². The highest BCUT2D eigenvalue weighted by molar-refractivity contribution is 7.17. The lowest BCUT2D eigenvalue weighted by molar-refractivity contribution is -0.163. The van der Waals surface area contributed by atoms with Gasteiger partial charge < -0.3 is 35.2 Å². The van der Waals surface area contributed by atoms with Gasteiger partial charge in [0.15, 0.2) is 17.3 Å². The number of anilines is 2. The Hall–Kier alpha value is -3.02. The van der Waals surface area contributed by atoms with Crippen LogP contribution in [0.5, 0.6) is 17.2 Å². The largest absolute Gasteiger partial charge is 0.493 e. The number of primary amides is 2. The molecule has 2 aliphatic rings. The quantitative estimate of drug-likeness (QED) is 0.671. The van der Waals surface area contributed by atoms with Gasteiger partial charge in [0.2, 0.25) is 5.75 Å². The predicted molar refractivity (Wildman–Crippen MR) is 117 cm³/mol. The van der Waals surface area contributed by atoms with E-state index in [2.05, 4.69) is 0 Å². The monoisotopic (exact) mass is 463 g/mol. The zero-order valence-electron chi connectivity index (χ0n) is 18.1. The van der Waals surface area contributed by atoms with Crippen molar-refractivity contribution in [2.24, 2.45) is 11.5 Å². The molecule has 0 radical (unpaired) electrons. The summed E-state index contributed by atoms with van der Waals surface area (Å²) in [5, 5.41) is 0.333. The summed E-state index contributed by atoms with van der Waals surface area (Å²) < 4.78 is 27.8. The molecule has 1 aliphatic heterocycles. The maximum absolute atomic E-state index is 12.6. The first-order valence-electron chi connectivity index (χ1n) is 9.96. The fraction of sp³-hybridized carbons (Fsp3) is 0.429. The molecule has 10 nitrogen and oxygen atoms in total. The predicted octanol–water partition coefficient (Wildman–Crippen LogP) is 2.32. The van der Waals surface area contributed by atoms with E-state index >= 15 is 0 Å². The van der Waals surface area contributed by atoms with Crippen LogP contribution in [0.15, 0.2) is 12.1 Å². The summed E-state index contributed by atoms with van der Waals surface area (Å²) in [5.74, 6) is -0.307. The van der Waals surface area contributed by atoms with Gasteiger partial charge in [0.25, 0.3) is 5.91 Å². The summed E-state index contributed by atoms with van der Waals surface area (Å²) in [6.45, 7) is 1.05. The van der Waals surface area contributed by atoms with Gasteiger partial charge in [-0.25, -0.2) is 4.79 Å². The van der Waals surface area contributed by atoms with Crippen LogP contribution in [0.2, 0.25) is 0 Å². The molecule has 11 heteroatoms. The second-order valence-electron chi connectivity index (χ2n) is 7.39. The maximum atomic E-state index is 12.6. The number of urea groups is 1. The first kappa shape index (κ1) is 22.2. The van der Waals surface area contributed by atoms with Crippen LogP contribution >= 0.6 is 11.3 Å². The Morgan fingerprint density at radius 3 is 2.19 bits per heavy atom. The molecule has 1 saturated heterocycles. The summed E-state index contributed by atoms with van der Waals surface area (Å²) in [6.07, 6.45) is 1.60.